The van der Waals surface area contributed by atoms with E-state index in [1.807, 2.05) is 0 Å². The number of pyridine rings is 2. The van der Waals surface area contributed by atoms with E-state index in [4.69, 9.17) is 0 Å². The van der Waals surface area contributed by atoms with Crippen LogP contribution in [0, 0.1) is 6.92 Å². The van der Waals surface area contributed by atoms with Gasteiger partial charge in [-0.1, -0.05) is 24.3 Å². The molecule has 3 amide bonds. The molecule has 4 heterocycles. The summed E-state index contributed by atoms with van der Waals surface area (Å²) in [7, 11) is -2.56. The van der Waals surface area contributed by atoms with Gasteiger partial charge in [0.2, 0.25) is 10.0 Å². The number of carbonyl (C=O) groups is 2. The number of fused-ring (bicyclic) bond motifs is 1. The highest BCUT2D eigenvalue weighted by Crippen LogP contribution is 2.34. The maximum Gasteiger partial charge on any atom is 0.416 e. The van der Waals surface area contributed by atoms with Gasteiger partial charge >= 0.3 is 12.2 Å². The molecule has 10 nitrogen and oxygen atoms in total. The summed E-state index contributed by atoms with van der Waals surface area (Å²) in [6.45, 7) is 2.79. The van der Waals surface area contributed by atoms with Gasteiger partial charge in [0.15, 0.2) is 5.65 Å². The van der Waals surface area contributed by atoms with E-state index in [1.54, 1.807) is 43.4 Å². The molecule has 3 aromatic rings. The zero-order valence-corrected chi connectivity index (χ0v) is 22.5. The molecule has 1 saturated heterocycles. The summed E-state index contributed by atoms with van der Waals surface area (Å²) in [5.41, 5.74) is -0.871. The van der Waals surface area contributed by atoms with Gasteiger partial charge in [-0.05, 0) is 50.6 Å². The Hall–Kier alpha value is -4.20. The molecule has 2 aliphatic rings. The van der Waals surface area contributed by atoms with Crippen molar-refractivity contribution in [2.24, 2.45) is 0 Å². The van der Waals surface area contributed by atoms with E-state index in [9.17, 15) is 31.2 Å². The van der Waals surface area contributed by atoms with Crippen LogP contribution in [0.4, 0.5) is 29.6 Å². The molecule has 210 valence electrons. The minimum atomic E-state index is -4.68. The Kier molecular flexibility index (Phi) is 6.48. The molecule has 0 aromatic carbocycles. The molecule has 2 atom stereocenters. The molecule has 5 rings (SSSR count). The average Bonchev–Trinajstić information content (AvgIpc) is 3.50. The Morgan fingerprint density at radius 1 is 1.18 bits per heavy atom. The maximum atomic E-state index is 13.6. The number of aromatic nitrogens is 3. The van der Waals surface area contributed by atoms with Crippen LogP contribution in [0.1, 0.15) is 24.6 Å². The number of amides is 3. The molecule has 0 radical (unpaired) electrons. The Morgan fingerprint density at radius 3 is 2.60 bits per heavy atom. The fourth-order valence-corrected chi connectivity index (χ4v) is 6.32. The molecule has 1 aliphatic heterocycles. The number of anilines is 2. The number of hydrogen-bond donors (Lipinski definition) is 1. The number of halogens is 3. The van der Waals surface area contributed by atoms with Crippen molar-refractivity contribution in [3.63, 3.8) is 0 Å². The summed E-state index contributed by atoms with van der Waals surface area (Å²) >= 11 is 0. The van der Waals surface area contributed by atoms with Crippen LogP contribution in [0.15, 0.2) is 60.8 Å². The summed E-state index contributed by atoms with van der Waals surface area (Å²) in [6.07, 6.45) is 3.80. The third kappa shape index (κ3) is 4.51. The van der Waals surface area contributed by atoms with Crippen molar-refractivity contribution < 1.29 is 31.2 Å². The third-order valence-corrected chi connectivity index (χ3v) is 9.30. The Labute approximate surface area is 227 Å². The SMILES string of the molecule is Cc1cc(C(F)(F)F)cc(N2C(=O)NC[C@H]2C(=O)N(C)c2ccc3ccn(S(=O)(=O)C4(C)C=CC=CC4)c3n2)n1. The Morgan fingerprint density at radius 2 is 1.93 bits per heavy atom. The second kappa shape index (κ2) is 9.47. The molecule has 1 fully saturated rings. The van der Waals surface area contributed by atoms with Crippen LogP contribution in [0.3, 0.4) is 0 Å². The van der Waals surface area contributed by atoms with Crippen molar-refractivity contribution in [3.05, 3.63) is 72.1 Å². The van der Waals surface area contributed by atoms with E-state index < -0.39 is 44.5 Å². The van der Waals surface area contributed by atoms with E-state index in [2.05, 4.69) is 15.3 Å². The number of urea groups is 1. The molecule has 0 saturated carbocycles. The fraction of sp³-hybridized carbons (Fsp3) is 0.308. The first-order valence-electron chi connectivity index (χ1n) is 12.2. The summed E-state index contributed by atoms with van der Waals surface area (Å²) in [4.78, 5) is 36.7. The lowest BCUT2D eigenvalue weighted by Gasteiger charge is -2.27. The zero-order chi connectivity index (χ0) is 29.0. The van der Waals surface area contributed by atoms with E-state index >= 15 is 0 Å². The van der Waals surface area contributed by atoms with Crippen molar-refractivity contribution in [3.8, 4) is 0 Å². The smallest absolute Gasteiger partial charge is 0.335 e. The van der Waals surface area contributed by atoms with Crippen LogP contribution in [-0.4, -0.2) is 58.7 Å². The van der Waals surface area contributed by atoms with Gasteiger partial charge in [-0.3, -0.25) is 14.6 Å². The predicted octanol–water partition coefficient (Wildman–Crippen LogP) is 3.77. The van der Waals surface area contributed by atoms with Gasteiger partial charge in [-0.15, -0.1) is 0 Å². The highest BCUT2D eigenvalue weighted by atomic mass is 32.2. The van der Waals surface area contributed by atoms with Crippen LogP contribution in [0.25, 0.3) is 11.0 Å². The summed E-state index contributed by atoms with van der Waals surface area (Å²) in [5.74, 6) is -0.889. The lowest BCUT2D eigenvalue weighted by molar-refractivity contribution is -0.137. The Balaban J connectivity index is 1.49. The minimum absolute atomic E-state index is 0.0233. The fourth-order valence-electron chi connectivity index (χ4n) is 4.72. The van der Waals surface area contributed by atoms with Gasteiger partial charge in [0.1, 0.15) is 22.4 Å². The van der Waals surface area contributed by atoms with Crippen molar-refractivity contribution in [1.82, 2.24) is 19.3 Å². The molecule has 14 heteroatoms. The van der Waals surface area contributed by atoms with Crippen LogP contribution in [0.5, 0.6) is 0 Å². The third-order valence-electron chi connectivity index (χ3n) is 7.01. The minimum Gasteiger partial charge on any atom is -0.335 e. The molecule has 1 aliphatic carbocycles. The molecule has 40 heavy (non-hydrogen) atoms. The number of likely N-dealkylation sites (N-methyl/N-ethyl adjacent to an activating group) is 1. The molecular formula is C26H25F3N6O4S. The number of nitrogens with zero attached hydrogens (tertiary/aromatic N) is 5. The predicted molar refractivity (Wildman–Crippen MR) is 142 cm³/mol. The van der Waals surface area contributed by atoms with Gasteiger partial charge in [0.05, 0.1) is 5.56 Å². The van der Waals surface area contributed by atoms with Crippen molar-refractivity contribution in [1.29, 1.82) is 0 Å². The topological polar surface area (TPSA) is 118 Å². The number of rotatable bonds is 5. The number of hydrogen-bond acceptors (Lipinski definition) is 6. The average molecular weight is 575 g/mol. The van der Waals surface area contributed by atoms with Crippen molar-refractivity contribution in [2.75, 3.05) is 23.4 Å². The van der Waals surface area contributed by atoms with Gasteiger partial charge in [-0.25, -0.2) is 27.2 Å². The molecule has 0 bridgehead atoms. The summed E-state index contributed by atoms with van der Waals surface area (Å²) in [6, 6.07) is 4.30. The zero-order valence-electron chi connectivity index (χ0n) is 21.7. The van der Waals surface area contributed by atoms with Crippen LogP contribution >= 0.6 is 0 Å². The van der Waals surface area contributed by atoms with Crippen LogP contribution in [0.2, 0.25) is 0 Å². The summed E-state index contributed by atoms with van der Waals surface area (Å²) in [5, 5.41) is 3.00. The van der Waals surface area contributed by atoms with E-state index in [0.717, 1.165) is 25.9 Å². The molecule has 1 N–H and O–H groups in total. The highest BCUT2D eigenvalue weighted by molar-refractivity contribution is 7.91. The number of alkyl halides is 3. The number of carbonyl (C=O) groups excluding carboxylic acids is 2. The lowest BCUT2D eigenvalue weighted by atomic mass is 10.0. The molecular weight excluding hydrogens is 549 g/mol. The maximum absolute atomic E-state index is 13.6. The van der Waals surface area contributed by atoms with E-state index in [1.165, 1.54) is 26.2 Å². The first-order valence-corrected chi connectivity index (χ1v) is 13.6. The lowest BCUT2D eigenvalue weighted by Crippen LogP contribution is -2.47. The largest absolute Gasteiger partial charge is 0.416 e. The Bertz CT molecular complexity index is 1700. The number of aryl methyl sites for hydroxylation is 1. The molecule has 3 aromatic heterocycles. The quantitative estimate of drug-likeness (QED) is 0.496. The van der Waals surface area contributed by atoms with E-state index in [-0.39, 0.29) is 35.9 Å². The van der Waals surface area contributed by atoms with Gasteiger partial charge in [0, 0.05) is 30.9 Å². The normalized spacial score (nSPS) is 21.2. The monoisotopic (exact) mass is 574 g/mol. The standard InChI is InChI=1S/C26H25F3N6O4S/c1-16-13-18(26(27,28)29)14-21(31-16)35-19(15-30-24(35)37)23(36)33(3)20-8-7-17-9-12-34(22(17)32-20)40(38,39)25(2)10-5-4-6-11-25/h4-10,12-14,19H,11,15H2,1-3H3,(H,30,37)/t19-,25?/m0/s1. The van der Waals surface area contributed by atoms with Crippen molar-refractivity contribution >= 4 is 44.6 Å². The first kappa shape index (κ1) is 27.4. The van der Waals surface area contributed by atoms with Crippen LogP contribution < -0.4 is 15.1 Å². The van der Waals surface area contributed by atoms with Crippen molar-refractivity contribution in [2.45, 2.75) is 37.2 Å². The van der Waals surface area contributed by atoms with E-state index in [0.29, 0.717) is 5.39 Å². The second-order valence-electron chi connectivity index (χ2n) is 9.83. The van der Waals surface area contributed by atoms with Crippen LogP contribution in [-0.2, 0) is 21.0 Å². The van der Waals surface area contributed by atoms with Gasteiger partial charge in [-0.2, -0.15) is 13.2 Å². The summed E-state index contributed by atoms with van der Waals surface area (Å²) < 4.78 is 67.3. The molecule has 0 spiro atoms. The number of allylic oxidation sites excluding steroid dienone is 3. The highest BCUT2D eigenvalue weighted by Gasteiger charge is 2.42. The molecule has 1 unspecified atom stereocenters. The number of nitrogens with one attached hydrogen (secondary N) is 1. The van der Waals surface area contributed by atoms with Gasteiger partial charge in [0.25, 0.3) is 5.91 Å². The first-order chi connectivity index (χ1) is 18.7. The second-order valence-corrected chi connectivity index (χ2v) is 12.1. The van der Waals surface area contributed by atoms with Gasteiger partial charge < -0.3 is 5.32 Å².